The number of halogens is 1. The molecule has 1 aromatic carbocycles. The van der Waals surface area contributed by atoms with E-state index in [0.717, 1.165) is 11.5 Å². The van der Waals surface area contributed by atoms with Crippen LogP contribution < -0.4 is 11.1 Å². The quantitative estimate of drug-likeness (QED) is 0.343. The third kappa shape index (κ3) is 3.70. The molecule has 0 aromatic heterocycles. The molecule has 1 saturated carbocycles. The lowest BCUT2D eigenvalue weighted by Crippen LogP contribution is -2.33. The van der Waals surface area contributed by atoms with E-state index in [9.17, 15) is 4.39 Å². The number of oxime groups is 1. The molecule has 2 atom stereocenters. The van der Waals surface area contributed by atoms with Crippen molar-refractivity contribution in [3.8, 4) is 0 Å². The Morgan fingerprint density at radius 3 is 3.00 bits per heavy atom. The number of nitrogens with one attached hydrogen (secondary N) is 1. The number of nitrogens with two attached hydrogens (primary N) is 1. The lowest BCUT2D eigenvalue weighted by atomic mass is 9.87. The molecular weight excluding hydrogens is 257 g/mol. The summed E-state index contributed by atoms with van der Waals surface area (Å²) in [5.41, 5.74) is 6.90. The first-order valence-electron chi connectivity index (χ1n) is 7.10. The Hall–Kier alpha value is -1.62. The molecule has 0 bridgehead atoms. The van der Waals surface area contributed by atoms with Crippen LogP contribution in [0, 0.1) is 11.7 Å². The van der Waals surface area contributed by atoms with Crippen LogP contribution in [0.1, 0.15) is 43.7 Å². The predicted octanol–water partition coefficient (Wildman–Crippen LogP) is 2.59. The van der Waals surface area contributed by atoms with Crippen LogP contribution in [-0.2, 0) is 6.54 Å². The number of hydrogen-bond acceptors (Lipinski definition) is 3. The van der Waals surface area contributed by atoms with Crippen LogP contribution in [0.5, 0.6) is 0 Å². The highest BCUT2D eigenvalue weighted by Crippen LogP contribution is 2.24. The molecule has 1 aromatic rings. The second-order valence-corrected chi connectivity index (χ2v) is 5.64. The first-order chi connectivity index (χ1) is 9.60. The number of rotatable bonds is 4. The van der Waals surface area contributed by atoms with E-state index in [1.165, 1.54) is 37.8 Å². The Balaban J connectivity index is 2.05. The molecule has 110 valence electrons. The monoisotopic (exact) mass is 279 g/mol. The van der Waals surface area contributed by atoms with Crippen molar-refractivity contribution < 1.29 is 9.60 Å². The topological polar surface area (TPSA) is 70.6 Å². The first-order valence-corrected chi connectivity index (χ1v) is 7.10. The number of nitrogens with zero attached hydrogens (tertiary/aromatic N) is 1. The molecule has 4 N–H and O–H groups in total. The van der Waals surface area contributed by atoms with Gasteiger partial charge in [-0.1, -0.05) is 31.0 Å². The van der Waals surface area contributed by atoms with Gasteiger partial charge in [-0.15, -0.1) is 0 Å². The molecule has 20 heavy (non-hydrogen) atoms. The smallest absolute Gasteiger partial charge is 0.170 e. The van der Waals surface area contributed by atoms with Crippen LogP contribution in [0.15, 0.2) is 23.4 Å². The average Bonchev–Trinajstić information content (AvgIpc) is 2.45. The molecular formula is C15H22FN3O. The van der Waals surface area contributed by atoms with E-state index in [2.05, 4.69) is 17.4 Å². The van der Waals surface area contributed by atoms with Crippen LogP contribution >= 0.6 is 0 Å². The van der Waals surface area contributed by atoms with Crippen molar-refractivity contribution in [2.45, 2.75) is 45.2 Å². The molecule has 1 fully saturated rings. The normalized spacial score (nSPS) is 23.8. The van der Waals surface area contributed by atoms with Crippen molar-refractivity contribution in [3.05, 3.63) is 35.1 Å². The molecule has 0 radical (unpaired) electrons. The molecule has 2 rings (SSSR count). The summed E-state index contributed by atoms with van der Waals surface area (Å²) in [7, 11) is 0. The van der Waals surface area contributed by atoms with Gasteiger partial charge in [0, 0.05) is 18.2 Å². The predicted molar refractivity (Wildman–Crippen MR) is 77.2 cm³/mol. The summed E-state index contributed by atoms with van der Waals surface area (Å²) in [4.78, 5) is 0. The summed E-state index contributed by atoms with van der Waals surface area (Å²) in [6, 6.07) is 4.87. The Labute approximate surface area is 118 Å². The summed E-state index contributed by atoms with van der Waals surface area (Å²) >= 11 is 0. The highest BCUT2D eigenvalue weighted by molar-refractivity contribution is 5.98. The van der Waals surface area contributed by atoms with Crippen molar-refractivity contribution in [3.63, 3.8) is 0 Å². The minimum Gasteiger partial charge on any atom is -0.409 e. The summed E-state index contributed by atoms with van der Waals surface area (Å²) in [5, 5.41) is 15.2. The molecule has 0 heterocycles. The Morgan fingerprint density at radius 1 is 1.50 bits per heavy atom. The molecule has 4 nitrogen and oxygen atoms in total. The van der Waals surface area contributed by atoms with E-state index in [1.807, 2.05) is 0 Å². The van der Waals surface area contributed by atoms with Gasteiger partial charge in [0.1, 0.15) is 5.82 Å². The molecule has 0 amide bonds. The minimum atomic E-state index is -0.387. The number of amidine groups is 1. The van der Waals surface area contributed by atoms with Crippen LogP contribution in [0.3, 0.4) is 0 Å². The van der Waals surface area contributed by atoms with Crippen molar-refractivity contribution >= 4 is 5.84 Å². The number of hydrogen-bond donors (Lipinski definition) is 3. The fraction of sp³-hybridized carbons (Fsp3) is 0.533. The summed E-state index contributed by atoms with van der Waals surface area (Å²) in [6.45, 7) is 2.87. The van der Waals surface area contributed by atoms with Gasteiger partial charge in [0.25, 0.3) is 0 Å². The van der Waals surface area contributed by atoms with Gasteiger partial charge in [-0.2, -0.15) is 0 Å². The molecule has 1 aliphatic rings. The lowest BCUT2D eigenvalue weighted by molar-refractivity contribution is 0.300. The van der Waals surface area contributed by atoms with Gasteiger partial charge in [0.15, 0.2) is 5.84 Å². The van der Waals surface area contributed by atoms with Crippen LogP contribution in [-0.4, -0.2) is 17.1 Å². The van der Waals surface area contributed by atoms with Crippen LogP contribution in [0.2, 0.25) is 0 Å². The Kier molecular flexibility index (Phi) is 4.95. The van der Waals surface area contributed by atoms with Gasteiger partial charge in [-0.05, 0) is 36.5 Å². The maximum Gasteiger partial charge on any atom is 0.170 e. The summed E-state index contributed by atoms with van der Waals surface area (Å²) in [6.07, 6.45) is 4.88. The Bertz CT molecular complexity index is 490. The largest absolute Gasteiger partial charge is 0.409 e. The van der Waals surface area contributed by atoms with Crippen LogP contribution in [0.4, 0.5) is 4.39 Å². The second kappa shape index (κ2) is 6.70. The second-order valence-electron chi connectivity index (χ2n) is 5.64. The molecule has 0 aliphatic heterocycles. The van der Waals surface area contributed by atoms with Crippen LogP contribution in [0.25, 0.3) is 0 Å². The third-order valence-electron chi connectivity index (χ3n) is 3.97. The van der Waals surface area contributed by atoms with E-state index in [4.69, 9.17) is 10.9 Å². The molecule has 0 saturated heterocycles. The summed E-state index contributed by atoms with van der Waals surface area (Å²) < 4.78 is 13.3. The van der Waals surface area contributed by atoms with Gasteiger partial charge in [0.05, 0.1) is 0 Å². The van der Waals surface area contributed by atoms with Crippen molar-refractivity contribution in [1.29, 1.82) is 0 Å². The van der Waals surface area contributed by atoms with Gasteiger partial charge in [-0.25, -0.2) is 4.39 Å². The highest BCUT2D eigenvalue weighted by atomic mass is 19.1. The van der Waals surface area contributed by atoms with Gasteiger partial charge >= 0.3 is 0 Å². The van der Waals surface area contributed by atoms with Crippen molar-refractivity contribution in [2.24, 2.45) is 16.8 Å². The van der Waals surface area contributed by atoms with Gasteiger partial charge < -0.3 is 16.3 Å². The fourth-order valence-electron chi connectivity index (χ4n) is 2.87. The van der Waals surface area contributed by atoms with Gasteiger partial charge in [0.2, 0.25) is 0 Å². The standard InChI is InChI=1S/C15H22FN3O/c1-10-3-2-4-13(7-10)18-9-11-5-6-12(16)8-14(11)15(17)19-20/h5-6,8,10,13,18,20H,2-4,7,9H2,1H3,(H2,17,19). The maximum absolute atomic E-state index is 13.3. The molecule has 1 aliphatic carbocycles. The SMILES string of the molecule is CC1CCCC(NCc2ccc(F)cc2C(N)=NO)C1. The van der Waals surface area contributed by atoms with Crippen molar-refractivity contribution in [2.75, 3.05) is 0 Å². The van der Waals surface area contributed by atoms with E-state index in [1.54, 1.807) is 6.07 Å². The van der Waals surface area contributed by atoms with Gasteiger partial charge in [-0.3, -0.25) is 0 Å². The van der Waals surface area contributed by atoms with Crippen molar-refractivity contribution in [1.82, 2.24) is 5.32 Å². The zero-order chi connectivity index (χ0) is 14.5. The number of benzene rings is 1. The maximum atomic E-state index is 13.3. The zero-order valence-corrected chi connectivity index (χ0v) is 11.8. The lowest BCUT2D eigenvalue weighted by Gasteiger charge is -2.27. The fourth-order valence-corrected chi connectivity index (χ4v) is 2.87. The Morgan fingerprint density at radius 2 is 2.30 bits per heavy atom. The summed E-state index contributed by atoms with van der Waals surface area (Å²) in [5.74, 6) is 0.304. The van der Waals surface area contributed by atoms with E-state index in [-0.39, 0.29) is 11.7 Å². The minimum absolute atomic E-state index is 0.0571. The molecule has 0 spiro atoms. The third-order valence-corrected chi connectivity index (χ3v) is 3.97. The highest BCUT2D eigenvalue weighted by Gasteiger charge is 2.18. The molecule has 5 heteroatoms. The first kappa shape index (κ1) is 14.8. The average molecular weight is 279 g/mol. The van der Waals surface area contributed by atoms with E-state index >= 15 is 0 Å². The van der Waals surface area contributed by atoms with E-state index < -0.39 is 0 Å². The zero-order valence-electron chi connectivity index (χ0n) is 11.8. The molecule has 2 unspecified atom stereocenters. The van der Waals surface area contributed by atoms with E-state index in [0.29, 0.717) is 18.2 Å².